The highest BCUT2D eigenvalue weighted by Gasteiger charge is 2.24. The Balaban J connectivity index is 4.12. The second kappa shape index (κ2) is 6.96. The van der Waals surface area contributed by atoms with Gasteiger partial charge in [-0.3, -0.25) is 10.9 Å². The molecule has 0 fully saturated rings. The minimum Gasteiger partial charge on any atom is -0.313 e. The number of hydrogen-bond acceptors (Lipinski definition) is 3. The van der Waals surface area contributed by atoms with E-state index in [9.17, 15) is 0 Å². The largest absolute Gasteiger partial charge is 0.313 e. The lowest BCUT2D eigenvalue weighted by Gasteiger charge is -2.31. The molecule has 0 bridgehead atoms. The van der Waals surface area contributed by atoms with E-state index in [2.05, 4.69) is 31.6 Å². The minimum atomic E-state index is 0.0189. The van der Waals surface area contributed by atoms with E-state index in [1.165, 1.54) is 19.1 Å². The Hall–Kier alpha value is -0.410. The molecule has 3 N–H and O–H groups in total. The Morgan fingerprint density at radius 2 is 2.14 bits per heavy atom. The number of nitrogens with one attached hydrogen (secondary N) is 3. The summed E-state index contributed by atoms with van der Waals surface area (Å²) in [6.07, 6.45) is 5.88. The molecule has 2 atom stereocenters. The summed E-state index contributed by atoms with van der Waals surface area (Å²) in [5, 5.41) is 7.19. The van der Waals surface area contributed by atoms with Crippen LogP contribution >= 0.6 is 0 Å². The molecule has 0 spiro atoms. The fourth-order valence-electron chi connectivity index (χ4n) is 2.08. The van der Waals surface area contributed by atoms with Gasteiger partial charge in [0.05, 0.1) is 0 Å². The molecular weight excluding hydrogens is 174 g/mol. The molecule has 0 aliphatic rings. The second-order valence-corrected chi connectivity index (χ2v) is 4.44. The zero-order valence-electron chi connectivity index (χ0n) is 9.98. The smallest absolute Gasteiger partial charge is 0.0347 e. The Labute approximate surface area is 88.1 Å². The number of hydrogen-bond donors (Lipinski definition) is 3. The maximum atomic E-state index is 7.19. The first kappa shape index (κ1) is 13.6. The summed E-state index contributed by atoms with van der Waals surface area (Å²) in [5.41, 5.74) is 6.25. The lowest BCUT2D eigenvalue weighted by atomic mass is 9.86. The molecule has 0 heterocycles. The van der Waals surface area contributed by atoms with Gasteiger partial charge >= 0.3 is 0 Å². The van der Waals surface area contributed by atoms with E-state index in [4.69, 9.17) is 5.41 Å². The van der Waals surface area contributed by atoms with Gasteiger partial charge in [0.25, 0.3) is 0 Å². The van der Waals surface area contributed by atoms with Gasteiger partial charge in [-0.1, -0.05) is 26.7 Å². The molecule has 0 rings (SSSR count). The fraction of sp³-hybridized carbons (Fsp3) is 0.909. The normalized spacial score (nSPS) is 17.4. The van der Waals surface area contributed by atoms with Crippen LogP contribution in [0.15, 0.2) is 0 Å². The number of rotatable bonds is 8. The molecule has 14 heavy (non-hydrogen) atoms. The van der Waals surface area contributed by atoms with Crippen molar-refractivity contribution >= 4 is 6.21 Å². The van der Waals surface area contributed by atoms with Crippen LogP contribution in [0.25, 0.3) is 0 Å². The highest BCUT2D eigenvalue weighted by atomic mass is 15.4. The number of hydrazine groups is 1. The third-order valence-corrected chi connectivity index (χ3v) is 2.56. The fourth-order valence-corrected chi connectivity index (χ4v) is 2.08. The Bertz CT molecular complexity index is 159. The lowest BCUT2D eigenvalue weighted by Crippen LogP contribution is -2.49. The van der Waals surface area contributed by atoms with Crippen LogP contribution in [0.3, 0.4) is 0 Å². The summed E-state index contributed by atoms with van der Waals surface area (Å²) in [5.74, 6) is 0.714. The van der Waals surface area contributed by atoms with Crippen molar-refractivity contribution < 1.29 is 0 Å². The maximum Gasteiger partial charge on any atom is 0.0347 e. The van der Waals surface area contributed by atoms with Crippen LogP contribution < -0.4 is 10.9 Å². The van der Waals surface area contributed by atoms with Crippen LogP contribution in [0.5, 0.6) is 0 Å². The summed E-state index contributed by atoms with van der Waals surface area (Å²) >= 11 is 0. The van der Waals surface area contributed by atoms with Crippen molar-refractivity contribution in [2.24, 2.45) is 5.92 Å². The van der Waals surface area contributed by atoms with Crippen LogP contribution in [0.4, 0.5) is 0 Å². The van der Waals surface area contributed by atoms with Crippen molar-refractivity contribution in [3.8, 4) is 0 Å². The highest BCUT2D eigenvalue weighted by molar-refractivity contribution is 5.54. The van der Waals surface area contributed by atoms with E-state index in [1.807, 2.05) is 7.05 Å². The van der Waals surface area contributed by atoms with Crippen molar-refractivity contribution in [3.63, 3.8) is 0 Å². The third kappa shape index (κ3) is 5.35. The van der Waals surface area contributed by atoms with E-state index >= 15 is 0 Å². The molecule has 0 aromatic rings. The molecule has 0 amide bonds. The van der Waals surface area contributed by atoms with Crippen molar-refractivity contribution in [3.05, 3.63) is 0 Å². The minimum absolute atomic E-state index is 0.0189. The third-order valence-electron chi connectivity index (χ3n) is 2.56. The summed E-state index contributed by atoms with van der Waals surface area (Å²) < 4.78 is 0. The van der Waals surface area contributed by atoms with Gasteiger partial charge < -0.3 is 5.41 Å². The van der Waals surface area contributed by atoms with Gasteiger partial charge in [0.2, 0.25) is 0 Å². The van der Waals surface area contributed by atoms with Gasteiger partial charge in [-0.2, -0.15) is 0 Å². The van der Waals surface area contributed by atoms with Gasteiger partial charge in [0.15, 0.2) is 0 Å². The summed E-state index contributed by atoms with van der Waals surface area (Å²) in [6.45, 7) is 6.67. The second-order valence-electron chi connectivity index (χ2n) is 4.44. The van der Waals surface area contributed by atoms with Crippen molar-refractivity contribution in [1.82, 2.24) is 10.9 Å². The average molecular weight is 199 g/mol. The van der Waals surface area contributed by atoms with Gasteiger partial charge in [-0.25, -0.2) is 0 Å². The Morgan fingerprint density at radius 1 is 1.50 bits per heavy atom. The molecule has 0 saturated carbocycles. The molecule has 3 heteroatoms. The molecular formula is C11H25N3. The first-order valence-corrected chi connectivity index (χ1v) is 5.50. The van der Waals surface area contributed by atoms with Gasteiger partial charge in [0, 0.05) is 12.0 Å². The van der Waals surface area contributed by atoms with Crippen molar-refractivity contribution in [1.29, 1.82) is 5.41 Å². The molecule has 0 radical (unpaired) electrons. The predicted octanol–water partition coefficient (Wildman–Crippen LogP) is 2.34. The SMILES string of the molecule is CCCC(C)CC(C)(CC=N)NNC. The average Bonchev–Trinajstić information content (AvgIpc) is 2.04. The quantitative estimate of drug-likeness (QED) is 0.415. The van der Waals surface area contributed by atoms with E-state index in [1.54, 1.807) is 0 Å². The van der Waals surface area contributed by atoms with E-state index in [-0.39, 0.29) is 5.54 Å². The van der Waals surface area contributed by atoms with Gasteiger partial charge in [-0.05, 0) is 32.5 Å². The van der Waals surface area contributed by atoms with E-state index in [0.717, 1.165) is 12.8 Å². The molecule has 84 valence electrons. The van der Waals surface area contributed by atoms with Crippen molar-refractivity contribution in [2.45, 2.75) is 52.0 Å². The standard InChI is InChI=1S/C11H25N3/c1-5-6-10(2)9-11(3,7-8-12)14-13-4/h8,10,12-14H,5-7,9H2,1-4H3. The zero-order valence-corrected chi connectivity index (χ0v) is 9.98. The summed E-state index contributed by atoms with van der Waals surface area (Å²) in [7, 11) is 1.88. The Morgan fingerprint density at radius 3 is 2.57 bits per heavy atom. The van der Waals surface area contributed by atoms with Crippen LogP contribution in [0.2, 0.25) is 0 Å². The molecule has 0 aromatic heterocycles. The van der Waals surface area contributed by atoms with Crippen molar-refractivity contribution in [2.75, 3.05) is 7.05 Å². The Kier molecular flexibility index (Phi) is 6.75. The van der Waals surface area contributed by atoms with Crippen LogP contribution in [-0.2, 0) is 0 Å². The van der Waals surface area contributed by atoms with Crippen LogP contribution in [0.1, 0.15) is 46.5 Å². The van der Waals surface area contributed by atoms with Crippen LogP contribution in [-0.4, -0.2) is 18.8 Å². The van der Waals surface area contributed by atoms with Gasteiger partial charge in [-0.15, -0.1) is 0 Å². The lowest BCUT2D eigenvalue weighted by molar-refractivity contribution is 0.260. The molecule has 2 unspecified atom stereocenters. The molecule has 0 aliphatic heterocycles. The topological polar surface area (TPSA) is 47.9 Å². The van der Waals surface area contributed by atoms with Gasteiger partial charge in [0.1, 0.15) is 0 Å². The molecule has 0 aliphatic carbocycles. The predicted molar refractivity (Wildman–Crippen MR) is 62.7 cm³/mol. The first-order chi connectivity index (χ1) is 6.58. The monoisotopic (exact) mass is 199 g/mol. The summed E-state index contributed by atoms with van der Waals surface area (Å²) in [6, 6.07) is 0. The molecule has 0 saturated heterocycles. The van der Waals surface area contributed by atoms with E-state index < -0.39 is 0 Å². The molecule has 0 aromatic carbocycles. The summed E-state index contributed by atoms with van der Waals surface area (Å²) in [4.78, 5) is 0. The first-order valence-electron chi connectivity index (χ1n) is 5.50. The maximum absolute atomic E-state index is 7.19. The van der Waals surface area contributed by atoms with E-state index in [0.29, 0.717) is 5.92 Å². The molecule has 3 nitrogen and oxygen atoms in total. The highest BCUT2D eigenvalue weighted by Crippen LogP contribution is 2.22. The van der Waals surface area contributed by atoms with Crippen LogP contribution in [0, 0.1) is 11.3 Å². The zero-order chi connectivity index (χ0) is 11.0.